The first kappa shape index (κ1) is 21.5. The Hall–Kier alpha value is -0.840. The topological polar surface area (TPSA) is 86.7 Å². The number of hydrogen-bond donors (Lipinski definition) is 0. The van der Waals surface area contributed by atoms with Gasteiger partial charge >= 0.3 is 20.2 Å². The maximum atomic E-state index is 11.9. The fraction of sp³-hybridized carbons (Fsp3) is 0. The van der Waals surface area contributed by atoms with E-state index in [-0.39, 0.29) is 31.0 Å². The van der Waals surface area contributed by atoms with Crippen molar-refractivity contribution in [1.29, 1.82) is 0 Å². The van der Waals surface area contributed by atoms with Crippen LogP contribution in [0.1, 0.15) is 11.1 Å². The molecular weight excluding hydrogens is 470 g/mol. The molecule has 0 amide bonds. The maximum absolute atomic E-state index is 11.9. The molecule has 0 radical (unpaired) electrons. The van der Waals surface area contributed by atoms with Gasteiger partial charge in [-0.05, 0) is 35.4 Å². The van der Waals surface area contributed by atoms with E-state index in [0.29, 0.717) is 0 Å². The highest BCUT2D eigenvalue weighted by Crippen LogP contribution is 2.28. The number of rotatable bonds is 6. The van der Waals surface area contributed by atoms with E-state index in [9.17, 15) is 16.8 Å². The molecule has 0 aromatic heterocycles. The first-order valence-electron chi connectivity index (χ1n) is 6.48. The molecule has 0 aliphatic carbocycles. The molecule has 0 saturated carbocycles. The Kier molecular flexibility index (Phi) is 6.98. The van der Waals surface area contributed by atoms with Gasteiger partial charge in [0.25, 0.3) is 0 Å². The predicted octanol–water partition coefficient (Wildman–Crippen LogP) is 4.88. The Balaban J connectivity index is 2.60. The van der Waals surface area contributed by atoms with Gasteiger partial charge in [0.05, 0.1) is 23.7 Å². The summed E-state index contributed by atoms with van der Waals surface area (Å²) >= 11 is 21.6. The van der Waals surface area contributed by atoms with Crippen molar-refractivity contribution in [3.63, 3.8) is 0 Å². The molecule has 0 aliphatic heterocycles. The molecule has 0 N–H and O–H groups in total. The molecule has 0 saturated heterocycles. The summed E-state index contributed by atoms with van der Waals surface area (Å²) in [7, 11) is -8.52. The van der Waals surface area contributed by atoms with Gasteiger partial charge in [0.15, 0.2) is 0 Å². The molecule has 2 rings (SSSR count). The van der Waals surface area contributed by atoms with Crippen molar-refractivity contribution >= 4 is 79.3 Å². The molecule has 2 aromatic carbocycles. The standard InChI is InChI=1S/C14H8Cl4O6S2/c15-11-5-3-9(13(7-11)25(19,20)23-17)1-2-10-4-6-12(16)8-14(10)26(21,22)24-18/h1-8H/b2-1+. The lowest BCUT2D eigenvalue weighted by atomic mass is 10.1. The van der Waals surface area contributed by atoms with Crippen LogP contribution < -0.4 is 0 Å². The summed E-state index contributed by atoms with van der Waals surface area (Å²) in [5, 5.41) is 0.277. The van der Waals surface area contributed by atoms with Crippen LogP contribution in [-0.4, -0.2) is 16.8 Å². The average molecular weight is 478 g/mol. The maximum Gasteiger partial charge on any atom is 0.313 e. The monoisotopic (exact) mass is 476 g/mol. The summed E-state index contributed by atoms with van der Waals surface area (Å²) in [5.41, 5.74) is 0.306. The Labute approximate surface area is 170 Å². The molecule has 140 valence electrons. The Bertz CT molecular complexity index is 979. The smallest absolute Gasteiger partial charge is 0.193 e. The second-order valence-electron chi connectivity index (χ2n) is 4.73. The normalized spacial score (nSPS) is 12.6. The SMILES string of the molecule is O=S(=O)(OCl)c1cc(Cl)ccc1/C=C/c1ccc(Cl)cc1S(=O)(=O)OCl. The number of hydrogen-bond acceptors (Lipinski definition) is 6. The van der Waals surface area contributed by atoms with Crippen LogP contribution in [0.5, 0.6) is 0 Å². The summed E-state index contributed by atoms with van der Waals surface area (Å²) < 4.78 is 55.6. The quantitative estimate of drug-likeness (QED) is 0.551. The zero-order valence-corrected chi connectivity index (χ0v) is 17.1. The average Bonchev–Trinajstić information content (AvgIpc) is 2.61. The van der Waals surface area contributed by atoms with Gasteiger partial charge in [0.1, 0.15) is 9.79 Å². The molecule has 0 atom stereocenters. The molecule has 0 bridgehead atoms. The van der Waals surface area contributed by atoms with Gasteiger partial charge in [0.2, 0.25) is 0 Å². The van der Waals surface area contributed by atoms with E-state index < -0.39 is 20.2 Å². The Morgan fingerprint density at radius 2 is 1.04 bits per heavy atom. The van der Waals surface area contributed by atoms with Gasteiger partial charge in [-0.25, -0.2) is 0 Å². The van der Waals surface area contributed by atoms with E-state index in [0.717, 1.165) is 12.1 Å². The second kappa shape index (κ2) is 8.45. The van der Waals surface area contributed by atoms with E-state index in [2.05, 4.69) is 7.47 Å². The van der Waals surface area contributed by atoms with Crippen molar-refractivity contribution in [3.8, 4) is 0 Å². The minimum Gasteiger partial charge on any atom is -0.193 e. The van der Waals surface area contributed by atoms with E-state index in [1.807, 2.05) is 0 Å². The molecule has 0 unspecified atom stereocenters. The summed E-state index contributed by atoms with van der Waals surface area (Å²) in [6.07, 6.45) is 2.66. The molecule has 2 aromatic rings. The molecular formula is C14H8Cl4O6S2. The van der Waals surface area contributed by atoms with Crippen LogP contribution in [0.4, 0.5) is 0 Å². The first-order chi connectivity index (χ1) is 12.1. The van der Waals surface area contributed by atoms with E-state index >= 15 is 0 Å². The Morgan fingerprint density at radius 3 is 1.35 bits per heavy atom. The highest BCUT2D eigenvalue weighted by molar-refractivity contribution is 7.87. The lowest BCUT2D eigenvalue weighted by molar-refractivity contribution is 0.506. The molecule has 26 heavy (non-hydrogen) atoms. The van der Waals surface area contributed by atoms with E-state index in [1.165, 1.54) is 36.4 Å². The second-order valence-corrected chi connectivity index (χ2v) is 9.31. The minimum absolute atomic E-state index is 0.139. The van der Waals surface area contributed by atoms with Crippen molar-refractivity contribution < 1.29 is 24.3 Å². The van der Waals surface area contributed by atoms with Crippen LogP contribution in [0.2, 0.25) is 10.0 Å². The zero-order valence-electron chi connectivity index (χ0n) is 12.4. The van der Waals surface area contributed by atoms with Crippen molar-refractivity contribution in [2.75, 3.05) is 0 Å². The van der Waals surface area contributed by atoms with Gasteiger partial charge in [0, 0.05) is 10.0 Å². The predicted molar refractivity (Wildman–Crippen MR) is 100 cm³/mol. The van der Waals surface area contributed by atoms with E-state index in [1.54, 1.807) is 0 Å². The summed E-state index contributed by atoms with van der Waals surface area (Å²) in [5.74, 6) is 0. The third kappa shape index (κ3) is 4.90. The van der Waals surface area contributed by atoms with Crippen LogP contribution in [0.15, 0.2) is 46.2 Å². The van der Waals surface area contributed by atoms with Crippen LogP contribution in [0.3, 0.4) is 0 Å². The van der Waals surface area contributed by atoms with Gasteiger partial charge in [-0.15, -0.1) is 0 Å². The van der Waals surface area contributed by atoms with Crippen LogP contribution in [0.25, 0.3) is 12.2 Å². The van der Waals surface area contributed by atoms with Crippen molar-refractivity contribution in [1.82, 2.24) is 0 Å². The zero-order chi connectivity index (χ0) is 19.5. The molecule has 12 heteroatoms. The summed E-state index contributed by atoms with van der Waals surface area (Å²) in [4.78, 5) is -0.605. The number of halogens is 4. The lowest BCUT2D eigenvalue weighted by Crippen LogP contribution is -2.03. The molecule has 0 spiro atoms. The van der Waals surface area contributed by atoms with Crippen LogP contribution in [0, 0.1) is 0 Å². The third-order valence-corrected chi connectivity index (χ3v) is 6.68. The molecule has 6 nitrogen and oxygen atoms in total. The van der Waals surface area contributed by atoms with Crippen LogP contribution in [-0.2, 0) is 27.7 Å². The minimum atomic E-state index is -4.26. The first-order valence-corrected chi connectivity index (χ1v) is 10.7. The molecule has 0 fully saturated rings. The fourth-order valence-electron chi connectivity index (χ4n) is 1.97. The highest BCUT2D eigenvalue weighted by atomic mass is 35.5. The van der Waals surface area contributed by atoms with E-state index in [4.69, 9.17) is 46.9 Å². The van der Waals surface area contributed by atoms with Crippen molar-refractivity contribution in [2.24, 2.45) is 0 Å². The molecule has 0 heterocycles. The van der Waals surface area contributed by atoms with Gasteiger partial charge in [-0.2, -0.15) is 24.3 Å². The molecule has 0 aliphatic rings. The van der Waals surface area contributed by atoms with Crippen LogP contribution >= 0.6 is 46.9 Å². The number of benzene rings is 2. The summed E-state index contributed by atoms with van der Waals surface area (Å²) in [6, 6.07) is 7.94. The summed E-state index contributed by atoms with van der Waals surface area (Å²) in [6.45, 7) is 0. The fourth-order valence-corrected chi connectivity index (χ4v) is 4.38. The van der Waals surface area contributed by atoms with Gasteiger partial charge < -0.3 is 0 Å². The van der Waals surface area contributed by atoms with Gasteiger partial charge in [-0.1, -0.05) is 47.5 Å². The van der Waals surface area contributed by atoms with Crippen molar-refractivity contribution in [3.05, 3.63) is 57.6 Å². The highest BCUT2D eigenvalue weighted by Gasteiger charge is 2.21. The largest absolute Gasteiger partial charge is 0.313 e. The third-order valence-electron chi connectivity index (χ3n) is 3.10. The van der Waals surface area contributed by atoms with Gasteiger partial charge in [-0.3, -0.25) is 0 Å². The van der Waals surface area contributed by atoms with Crippen molar-refractivity contribution in [2.45, 2.75) is 9.79 Å². The lowest BCUT2D eigenvalue weighted by Gasteiger charge is -2.07. The Morgan fingerprint density at radius 1 is 0.692 bits per heavy atom.